The third-order valence-electron chi connectivity index (χ3n) is 4.18. The summed E-state index contributed by atoms with van der Waals surface area (Å²) in [7, 11) is 0. The maximum absolute atomic E-state index is 13.0. The van der Waals surface area contributed by atoms with E-state index < -0.39 is 24.0 Å². The average Bonchev–Trinajstić information content (AvgIpc) is 2.52. The molecule has 8 heteroatoms. The minimum atomic E-state index is -4.59. The molecule has 0 spiro atoms. The molecule has 24 heavy (non-hydrogen) atoms. The molecule has 1 aromatic rings. The number of aliphatic hydroxyl groups is 1. The van der Waals surface area contributed by atoms with Crippen molar-refractivity contribution in [1.82, 2.24) is 4.90 Å². The number of carbonyl (C=O) groups excluding carboxylic acids is 1. The van der Waals surface area contributed by atoms with Gasteiger partial charge in [-0.2, -0.15) is 13.2 Å². The maximum Gasteiger partial charge on any atom is 0.414 e. The molecule has 134 valence electrons. The van der Waals surface area contributed by atoms with Crippen molar-refractivity contribution >= 4 is 11.6 Å². The first-order valence-corrected chi connectivity index (χ1v) is 7.78. The topological polar surface area (TPSA) is 52.6 Å². The molecule has 1 fully saturated rings. The van der Waals surface area contributed by atoms with Crippen LogP contribution in [0.1, 0.15) is 19.3 Å². The Bertz CT molecular complexity index is 557. The van der Waals surface area contributed by atoms with Crippen LogP contribution in [-0.2, 0) is 4.79 Å². The van der Waals surface area contributed by atoms with Crippen LogP contribution in [0.25, 0.3) is 0 Å². The van der Waals surface area contributed by atoms with Gasteiger partial charge in [0.05, 0.1) is 0 Å². The summed E-state index contributed by atoms with van der Waals surface area (Å²) in [5.41, 5.74) is 0.368. The molecule has 1 aliphatic heterocycles. The number of carbonyl (C=O) groups is 1. The van der Waals surface area contributed by atoms with Crippen LogP contribution >= 0.6 is 0 Å². The summed E-state index contributed by atoms with van der Waals surface area (Å²) >= 11 is 0. The molecular formula is C16H20F4N2O2. The second-order valence-corrected chi connectivity index (χ2v) is 5.97. The number of amides is 1. The molecule has 2 rings (SSSR count). The van der Waals surface area contributed by atoms with Gasteiger partial charge < -0.3 is 15.3 Å². The Hall–Kier alpha value is -1.67. The Kier molecular flexibility index (Phi) is 6.17. The van der Waals surface area contributed by atoms with Gasteiger partial charge in [0.15, 0.2) is 6.10 Å². The van der Waals surface area contributed by atoms with Gasteiger partial charge in [0.2, 0.25) is 5.91 Å². The van der Waals surface area contributed by atoms with E-state index in [1.54, 1.807) is 6.07 Å². The van der Waals surface area contributed by atoms with Crippen LogP contribution in [0.15, 0.2) is 24.3 Å². The Labute approximate surface area is 137 Å². The molecule has 1 amide bonds. The van der Waals surface area contributed by atoms with Gasteiger partial charge in [-0.25, -0.2) is 4.39 Å². The van der Waals surface area contributed by atoms with E-state index in [9.17, 15) is 27.5 Å². The molecule has 2 N–H and O–H groups in total. The highest BCUT2D eigenvalue weighted by molar-refractivity contribution is 5.90. The van der Waals surface area contributed by atoms with Gasteiger partial charge in [-0.1, -0.05) is 6.07 Å². The molecule has 0 radical (unpaired) electrons. The number of hydrogen-bond acceptors (Lipinski definition) is 3. The molecule has 0 aliphatic carbocycles. The van der Waals surface area contributed by atoms with Gasteiger partial charge >= 0.3 is 6.18 Å². The van der Waals surface area contributed by atoms with Gasteiger partial charge in [-0.05, 0) is 50.0 Å². The van der Waals surface area contributed by atoms with Crippen LogP contribution in [-0.4, -0.2) is 47.8 Å². The molecule has 1 heterocycles. The van der Waals surface area contributed by atoms with E-state index in [1.165, 1.54) is 18.2 Å². The normalized spacial score (nSPS) is 18.4. The van der Waals surface area contributed by atoms with Gasteiger partial charge in [0, 0.05) is 18.7 Å². The highest BCUT2D eigenvalue weighted by Gasteiger charge is 2.44. The minimum Gasteiger partial charge on any atom is -0.383 e. The van der Waals surface area contributed by atoms with Crippen molar-refractivity contribution in [3.05, 3.63) is 30.1 Å². The second-order valence-electron chi connectivity index (χ2n) is 5.97. The smallest absolute Gasteiger partial charge is 0.383 e. The van der Waals surface area contributed by atoms with Crippen LogP contribution < -0.4 is 5.32 Å². The van der Waals surface area contributed by atoms with Crippen LogP contribution in [0.3, 0.4) is 0 Å². The molecule has 1 saturated heterocycles. The first-order valence-electron chi connectivity index (χ1n) is 7.78. The Morgan fingerprint density at radius 2 is 2.00 bits per heavy atom. The molecule has 0 saturated carbocycles. The van der Waals surface area contributed by atoms with E-state index in [-0.39, 0.29) is 25.2 Å². The molecule has 0 aromatic heterocycles. The SMILES string of the molecule is O=C(CCN1CCC(C(O)C(F)(F)F)CC1)Nc1cccc(F)c1. The number of likely N-dealkylation sites (tertiary alicyclic amines) is 1. The zero-order valence-corrected chi connectivity index (χ0v) is 13.0. The quantitative estimate of drug-likeness (QED) is 0.805. The first-order chi connectivity index (χ1) is 11.3. The molecule has 1 unspecified atom stereocenters. The number of benzene rings is 1. The van der Waals surface area contributed by atoms with Gasteiger partial charge in [-0.15, -0.1) is 0 Å². The van der Waals surface area contributed by atoms with Crippen LogP contribution in [0, 0.1) is 11.7 Å². The van der Waals surface area contributed by atoms with Crippen LogP contribution in [0.2, 0.25) is 0 Å². The molecule has 1 aromatic carbocycles. The summed E-state index contributed by atoms with van der Waals surface area (Å²) in [6, 6.07) is 5.55. The molecule has 1 aliphatic rings. The first kappa shape index (κ1) is 18.7. The fourth-order valence-corrected chi connectivity index (χ4v) is 2.81. The van der Waals surface area contributed by atoms with E-state index in [0.717, 1.165) is 0 Å². The van der Waals surface area contributed by atoms with Gasteiger partial charge in [-0.3, -0.25) is 4.79 Å². The van der Waals surface area contributed by atoms with Crippen molar-refractivity contribution in [3.8, 4) is 0 Å². The summed E-state index contributed by atoms with van der Waals surface area (Å²) in [5.74, 6) is -1.52. The monoisotopic (exact) mass is 348 g/mol. The molecule has 4 nitrogen and oxygen atoms in total. The van der Waals surface area contributed by atoms with Crippen molar-refractivity contribution in [3.63, 3.8) is 0 Å². The maximum atomic E-state index is 13.0. The predicted octanol–water partition coefficient (Wildman–Crippen LogP) is 2.79. The lowest BCUT2D eigenvalue weighted by Crippen LogP contribution is -2.43. The van der Waals surface area contributed by atoms with Crippen molar-refractivity contribution in [2.75, 3.05) is 25.0 Å². The molecule has 1 atom stereocenters. The van der Waals surface area contributed by atoms with Crippen LogP contribution in [0.5, 0.6) is 0 Å². The minimum absolute atomic E-state index is 0.170. The number of nitrogens with one attached hydrogen (secondary N) is 1. The van der Waals surface area contributed by atoms with Gasteiger partial charge in [0.1, 0.15) is 5.82 Å². The summed E-state index contributed by atoms with van der Waals surface area (Å²) in [6.45, 7) is 1.23. The largest absolute Gasteiger partial charge is 0.414 e. The zero-order valence-electron chi connectivity index (χ0n) is 13.0. The number of hydrogen-bond donors (Lipinski definition) is 2. The summed E-state index contributed by atoms with van der Waals surface area (Å²) in [6.07, 6.45) is -6.21. The average molecular weight is 348 g/mol. The lowest BCUT2D eigenvalue weighted by atomic mass is 9.91. The molecular weight excluding hydrogens is 328 g/mol. The second kappa shape index (κ2) is 7.94. The van der Waals surface area contributed by atoms with Crippen molar-refractivity contribution in [2.45, 2.75) is 31.5 Å². The standard InChI is InChI=1S/C16H20F4N2O2/c17-12-2-1-3-13(10-12)21-14(23)6-9-22-7-4-11(5-8-22)15(24)16(18,19)20/h1-3,10-11,15,24H,4-9H2,(H,21,23). The number of halogens is 4. The Morgan fingerprint density at radius 3 is 2.58 bits per heavy atom. The molecule has 0 bridgehead atoms. The highest BCUT2D eigenvalue weighted by atomic mass is 19.4. The van der Waals surface area contributed by atoms with E-state index >= 15 is 0 Å². The summed E-state index contributed by atoms with van der Waals surface area (Å²) in [5, 5.41) is 11.8. The van der Waals surface area contributed by atoms with Gasteiger partial charge in [0.25, 0.3) is 0 Å². The zero-order chi connectivity index (χ0) is 17.7. The van der Waals surface area contributed by atoms with Crippen molar-refractivity contribution < 1.29 is 27.5 Å². The highest BCUT2D eigenvalue weighted by Crippen LogP contribution is 2.31. The number of nitrogens with zero attached hydrogens (tertiary/aromatic N) is 1. The Balaban J connectivity index is 1.71. The van der Waals surface area contributed by atoms with Crippen molar-refractivity contribution in [2.24, 2.45) is 5.92 Å². The number of aliphatic hydroxyl groups excluding tert-OH is 1. The number of anilines is 1. The van der Waals surface area contributed by atoms with Crippen molar-refractivity contribution in [1.29, 1.82) is 0 Å². The van der Waals surface area contributed by atoms with E-state index in [1.807, 2.05) is 4.90 Å². The summed E-state index contributed by atoms with van der Waals surface area (Å²) in [4.78, 5) is 13.7. The lowest BCUT2D eigenvalue weighted by Gasteiger charge is -2.34. The van der Waals surface area contributed by atoms with Crippen LogP contribution in [0.4, 0.5) is 23.2 Å². The van der Waals surface area contributed by atoms with E-state index in [0.29, 0.717) is 25.3 Å². The predicted molar refractivity (Wildman–Crippen MR) is 80.9 cm³/mol. The number of rotatable bonds is 5. The van der Waals surface area contributed by atoms with E-state index in [2.05, 4.69) is 5.32 Å². The third-order valence-corrected chi connectivity index (χ3v) is 4.18. The number of piperidine rings is 1. The van der Waals surface area contributed by atoms with E-state index in [4.69, 9.17) is 0 Å². The summed E-state index contributed by atoms with van der Waals surface area (Å²) < 4.78 is 50.5. The third kappa shape index (κ3) is 5.45. The fourth-order valence-electron chi connectivity index (χ4n) is 2.81. The lowest BCUT2D eigenvalue weighted by molar-refractivity contribution is -0.223. The Morgan fingerprint density at radius 1 is 1.33 bits per heavy atom. The number of alkyl halides is 3. The fraction of sp³-hybridized carbons (Fsp3) is 0.562.